The molecular formula is C11H11FO5P2. The molecule has 19 heavy (non-hydrogen) atoms. The second kappa shape index (κ2) is 7.27. The van der Waals surface area contributed by atoms with Crippen LogP contribution in [0.1, 0.15) is 27.6 Å². The number of ether oxygens (including phenoxy) is 1. The summed E-state index contributed by atoms with van der Waals surface area (Å²) >= 11 is 0. The molecule has 2 atom stereocenters. The van der Waals surface area contributed by atoms with E-state index in [0.29, 0.717) is 0 Å². The van der Waals surface area contributed by atoms with Gasteiger partial charge in [-0.3, -0.25) is 9.59 Å². The summed E-state index contributed by atoms with van der Waals surface area (Å²) in [4.78, 5) is 33.3. The van der Waals surface area contributed by atoms with Gasteiger partial charge in [-0.2, -0.15) is 4.20 Å². The molecule has 0 heterocycles. The van der Waals surface area contributed by atoms with Crippen LogP contribution in [0.15, 0.2) is 18.2 Å². The van der Waals surface area contributed by atoms with Crippen molar-refractivity contribution < 1.29 is 27.8 Å². The molecule has 8 heteroatoms. The number of halogens is 1. The van der Waals surface area contributed by atoms with E-state index in [0.717, 1.165) is 6.07 Å². The standard InChI is InChI=1S/C11H11FO5P2/c1-2-16-10-4-3-7(9(14)6-13)5-8(10)11(15)17-19(12)18/h3-6H,2,18H2,1H3. The Morgan fingerprint density at radius 2 is 2.16 bits per heavy atom. The molecule has 5 nitrogen and oxygen atoms in total. The van der Waals surface area contributed by atoms with Crippen molar-refractivity contribution >= 4 is 35.1 Å². The van der Waals surface area contributed by atoms with E-state index in [-0.39, 0.29) is 29.8 Å². The number of carbonyl (C=O) groups is 3. The second-order valence-corrected chi connectivity index (χ2v) is 5.22. The van der Waals surface area contributed by atoms with Gasteiger partial charge in [0, 0.05) is 5.56 Å². The normalized spacial score (nSPS) is 11.5. The van der Waals surface area contributed by atoms with Crippen LogP contribution in [-0.4, -0.2) is 24.6 Å². The highest BCUT2D eigenvalue weighted by Crippen LogP contribution is 2.48. The van der Waals surface area contributed by atoms with Crippen LogP contribution in [0, 0.1) is 0 Å². The maximum absolute atomic E-state index is 12.7. The minimum absolute atomic E-state index is 0.0114. The maximum atomic E-state index is 12.7. The first kappa shape index (κ1) is 15.7. The molecule has 1 rings (SSSR count). The summed E-state index contributed by atoms with van der Waals surface area (Å²) in [5.74, 6) is -1.57. The number of benzene rings is 1. The number of carbonyl (C=O) groups excluding carboxylic acids is 3. The lowest BCUT2D eigenvalue weighted by atomic mass is 10.1. The molecule has 0 saturated heterocycles. The lowest BCUT2D eigenvalue weighted by Crippen LogP contribution is -2.08. The second-order valence-electron chi connectivity index (χ2n) is 3.28. The van der Waals surface area contributed by atoms with E-state index in [4.69, 9.17) is 4.74 Å². The molecule has 0 aliphatic heterocycles. The van der Waals surface area contributed by atoms with Crippen LogP contribution in [0.2, 0.25) is 0 Å². The lowest BCUT2D eigenvalue weighted by molar-refractivity contribution is -0.104. The number of rotatable bonds is 6. The Hall–Kier alpha value is -1.38. The van der Waals surface area contributed by atoms with E-state index in [2.05, 4.69) is 4.52 Å². The molecule has 0 radical (unpaired) electrons. The Bertz CT molecular complexity index is 504. The van der Waals surface area contributed by atoms with Gasteiger partial charge in [0.2, 0.25) is 5.78 Å². The molecule has 0 aliphatic rings. The van der Waals surface area contributed by atoms with Gasteiger partial charge >= 0.3 is 5.97 Å². The van der Waals surface area contributed by atoms with Crippen molar-refractivity contribution in [1.82, 2.24) is 0 Å². The lowest BCUT2D eigenvalue weighted by Gasteiger charge is -2.10. The highest BCUT2D eigenvalue weighted by atomic mass is 32.0. The molecule has 0 aliphatic carbocycles. The monoisotopic (exact) mass is 304 g/mol. The number of aldehydes is 1. The van der Waals surface area contributed by atoms with E-state index in [9.17, 15) is 18.6 Å². The third-order valence-corrected chi connectivity index (χ3v) is 2.72. The molecule has 0 fully saturated rings. The molecule has 0 aromatic heterocycles. The van der Waals surface area contributed by atoms with Crippen molar-refractivity contribution in [3.63, 3.8) is 0 Å². The summed E-state index contributed by atoms with van der Waals surface area (Å²) in [6.07, 6.45) is 0.127. The summed E-state index contributed by atoms with van der Waals surface area (Å²) in [5, 5.41) is 0. The maximum Gasteiger partial charge on any atom is 0.346 e. The van der Waals surface area contributed by atoms with Gasteiger partial charge in [0.15, 0.2) is 6.29 Å². The van der Waals surface area contributed by atoms with Crippen molar-refractivity contribution in [3.05, 3.63) is 29.3 Å². The smallest absolute Gasteiger partial charge is 0.346 e. The first-order chi connectivity index (χ1) is 8.99. The van der Waals surface area contributed by atoms with Gasteiger partial charge in [-0.15, -0.1) is 0 Å². The Morgan fingerprint density at radius 3 is 2.68 bits per heavy atom. The van der Waals surface area contributed by atoms with Gasteiger partial charge in [0.05, 0.1) is 6.61 Å². The highest BCUT2D eigenvalue weighted by molar-refractivity contribution is 8.08. The predicted octanol–water partition coefficient (Wildman–Crippen LogP) is 2.70. The van der Waals surface area contributed by atoms with Crippen LogP contribution >= 0.6 is 17.1 Å². The number of Topliss-reactive ketones (excluding diaryl/α,β-unsaturated/α-hetero) is 1. The first-order valence-electron chi connectivity index (χ1n) is 5.18. The fraction of sp³-hybridized carbons (Fsp3) is 0.182. The number of hydrogen-bond acceptors (Lipinski definition) is 5. The molecule has 1 aromatic carbocycles. The Labute approximate surface area is 112 Å². The summed E-state index contributed by atoms with van der Waals surface area (Å²) in [5.41, 5.74) is -0.0838. The zero-order valence-electron chi connectivity index (χ0n) is 9.96. The predicted molar refractivity (Wildman–Crippen MR) is 71.2 cm³/mol. The van der Waals surface area contributed by atoms with Crippen molar-refractivity contribution in [2.75, 3.05) is 6.61 Å². The van der Waals surface area contributed by atoms with Gasteiger partial charge in [-0.05, 0) is 34.1 Å². The fourth-order valence-corrected chi connectivity index (χ4v) is 1.86. The Kier molecular flexibility index (Phi) is 6.00. The largest absolute Gasteiger partial charge is 0.493 e. The molecule has 0 bridgehead atoms. The zero-order valence-corrected chi connectivity index (χ0v) is 12.0. The Morgan fingerprint density at radius 1 is 1.47 bits per heavy atom. The quantitative estimate of drug-likeness (QED) is 0.350. The van der Waals surface area contributed by atoms with Gasteiger partial charge in [-0.1, -0.05) is 0 Å². The number of ketones is 1. The average molecular weight is 304 g/mol. The molecule has 1 aromatic rings. The highest BCUT2D eigenvalue weighted by Gasteiger charge is 2.19. The molecule has 0 amide bonds. The Balaban J connectivity index is 3.18. The van der Waals surface area contributed by atoms with Gasteiger partial charge in [-0.25, -0.2) is 4.79 Å². The minimum Gasteiger partial charge on any atom is -0.493 e. The summed E-state index contributed by atoms with van der Waals surface area (Å²) in [6.45, 7) is 1.99. The van der Waals surface area contributed by atoms with Crippen molar-refractivity contribution in [2.45, 2.75) is 6.92 Å². The van der Waals surface area contributed by atoms with Crippen LogP contribution in [-0.2, 0) is 9.32 Å². The van der Waals surface area contributed by atoms with Gasteiger partial charge < -0.3 is 9.26 Å². The topological polar surface area (TPSA) is 69.7 Å². The summed E-state index contributed by atoms with van der Waals surface area (Å²) in [6, 6.07) is 3.85. The molecule has 0 spiro atoms. The van der Waals surface area contributed by atoms with Crippen molar-refractivity contribution in [2.24, 2.45) is 0 Å². The fourth-order valence-electron chi connectivity index (χ4n) is 1.32. The third kappa shape index (κ3) is 4.34. The minimum atomic E-state index is -2.46. The zero-order chi connectivity index (χ0) is 14.4. The van der Waals surface area contributed by atoms with Gasteiger partial charge in [0.25, 0.3) is 8.15 Å². The van der Waals surface area contributed by atoms with Crippen LogP contribution < -0.4 is 4.74 Å². The molecule has 102 valence electrons. The third-order valence-electron chi connectivity index (χ3n) is 2.06. The molecule has 0 saturated carbocycles. The van der Waals surface area contributed by atoms with E-state index in [1.807, 2.05) is 0 Å². The molecule has 2 unspecified atom stereocenters. The molecular weight excluding hydrogens is 293 g/mol. The molecule has 0 N–H and O–H groups in total. The van der Waals surface area contributed by atoms with Crippen molar-refractivity contribution in [3.8, 4) is 5.75 Å². The first-order valence-corrected chi connectivity index (χ1v) is 7.95. The van der Waals surface area contributed by atoms with Crippen LogP contribution in [0.25, 0.3) is 0 Å². The average Bonchev–Trinajstić information content (AvgIpc) is 2.37. The van der Waals surface area contributed by atoms with Crippen LogP contribution in [0.3, 0.4) is 0 Å². The van der Waals surface area contributed by atoms with E-state index in [1.165, 1.54) is 12.1 Å². The summed E-state index contributed by atoms with van der Waals surface area (Å²) in [7, 11) is -0.729. The summed E-state index contributed by atoms with van der Waals surface area (Å²) < 4.78 is 22.3. The van der Waals surface area contributed by atoms with Crippen LogP contribution in [0.4, 0.5) is 4.20 Å². The van der Waals surface area contributed by atoms with Crippen molar-refractivity contribution in [1.29, 1.82) is 0 Å². The van der Waals surface area contributed by atoms with E-state index in [1.54, 1.807) is 15.9 Å². The van der Waals surface area contributed by atoms with Crippen LogP contribution in [0.5, 0.6) is 5.75 Å². The SMILES string of the molecule is CCOc1ccc(C(=O)C=O)cc1C(=O)OP(F)P. The number of hydrogen-bond donors (Lipinski definition) is 0. The van der Waals surface area contributed by atoms with Gasteiger partial charge in [0.1, 0.15) is 11.3 Å². The van der Waals surface area contributed by atoms with E-state index < -0.39 is 19.9 Å². The van der Waals surface area contributed by atoms with E-state index >= 15 is 0 Å².